The second kappa shape index (κ2) is 4.77. The monoisotopic (exact) mass is 264 g/mol. The molecule has 1 unspecified atom stereocenters. The fraction of sp³-hybridized carbons (Fsp3) is 0.308. The van der Waals surface area contributed by atoms with Crippen LogP contribution >= 0.6 is 22.9 Å². The minimum Gasteiger partial charge on any atom is -0.316 e. The summed E-state index contributed by atoms with van der Waals surface area (Å²) in [6.45, 7) is 2.17. The van der Waals surface area contributed by atoms with Crippen molar-refractivity contribution in [2.24, 2.45) is 0 Å². The number of aromatic nitrogens is 1. The molecule has 0 bridgehead atoms. The average molecular weight is 265 g/mol. The highest BCUT2D eigenvalue weighted by atomic mass is 35.5. The van der Waals surface area contributed by atoms with E-state index in [1.165, 1.54) is 11.4 Å². The number of nitrogens with zero attached hydrogens (tertiary/aromatic N) is 1. The van der Waals surface area contributed by atoms with Crippen LogP contribution in [0.5, 0.6) is 0 Å². The normalized spacial score (nSPS) is 19.7. The number of hydrogen-bond acceptors (Lipinski definition) is 3. The third-order valence-electron chi connectivity index (χ3n) is 3.07. The highest BCUT2D eigenvalue weighted by Gasteiger charge is 2.19. The second-order valence-electron chi connectivity index (χ2n) is 4.27. The Morgan fingerprint density at radius 3 is 2.82 bits per heavy atom. The molecule has 17 heavy (non-hydrogen) atoms. The first-order valence-corrected chi connectivity index (χ1v) is 7.01. The second-order valence-corrected chi connectivity index (χ2v) is 5.59. The molecule has 0 saturated carbocycles. The summed E-state index contributed by atoms with van der Waals surface area (Å²) in [7, 11) is 0. The van der Waals surface area contributed by atoms with Crippen LogP contribution in [0.1, 0.15) is 17.3 Å². The van der Waals surface area contributed by atoms with E-state index < -0.39 is 0 Å². The number of hydrogen-bond donors (Lipinski definition) is 1. The molecule has 0 radical (unpaired) electrons. The molecule has 1 aliphatic rings. The predicted octanol–water partition coefficient (Wildman–Crippen LogP) is 3.54. The van der Waals surface area contributed by atoms with E-state index in [0.717, 1.165) is 29.4 Å². The maximum atomic E-state index is 5.88. The van der Waals surface area contributed by atoms with Gasteiger partial charge in [-0.3, -0.25) is 0 Å². The van der Waals surface area contributed by atoms with Crippen LogP contribution in [-0.2, 0) is 0 Å². The third-order valence-corrected chi connectivity index (χ3v) is 4.33. The lowest BCUT2D eigenvalue weighted by atomic mass is 10.1. The highest BCUT2D eigenvalue weighted by molar-refractivity contribution is 7.10. The summed E-state index contributed by atoms with van der Waals surface area (Å²) in [4.78, 5) is 4.73. The number of rotatable bonds is 2. The molecule has 1 atom stereocenters. The zero-order valence-electron chi connectivity index (χ0n) is 9.32. The lowest BCUT2D eigenvalue weighted by Gasteiger charge is -2.02. The molecule has 0 spiro atoms. The van der Waals surface area contributed by atoms with Crippen molar-refractivity contribution in [3.05, 3.63) is 39.7 Å². The first-order chi connectivity index (χ1) is 8.33. The molecule has 2 aromatic rings. The van der Waals surface area contributed by atoms with Gasteiger partial charge in [0.05, 0.1) is 10.7 Å². The molecule has 1 N–H and O–H groups in total. The summed E-state index contributed by atoms with van der Waals surface area (Å²) in [6.07, 6.45) is 1.20. The van der Waals surface area contributed by atoms with Crippen molar-refractivity contribution in [2.75, 3.05) is 13.1 Å². The third kappa shape index (κ3) is 2.37. The fourth-order valence-corrected chi connectivity index (χ4v) is 3.19. The van der Waals surface area contributed by atoms with E-state index in [1.807, 2.05) is 24.3 Å². The van der Waals surface area contributed by atoms with Crippen molar-refractivity contribution in [1.29, 1.82) is 0 Å². The van der Waals surface area contributed by atoms with E-state index in [-0.39, 0.29) is 0 Å². The van der Waals surface area contributed by atoms with Crippen molar-refractivity contribution in [1.82, 2.24) is 10.3 Å². The Labute approximate surface area is 110 Å². The van der Waals surface area contributed by atoms with Crippen LogP contribution in [0.3, 0.4) is 0 Å². The Morgan fingerprint density at radius 2 is 2.12 bits per heavy atom. The standard InChI is InChI=1S/C13H13ClN2S/c14-11-3-1-9(2-4-11)12-8-17-13(16-12)10-5-6-15-7-10/h1-4,8,10,15H,5-7H2. The van der Waals surface area contributed by atoms with Crippen molar-refractivity contribution in [2.45, 2.75) is 12.3 Å². The Morgan fingerprint density at radius 1 is 1.29 bits per heavy atom. The van der Waals surface area contributed by atoms with Crippen LogP contribution in [0.4, 0.5) is 0 Å². The Balaban J connectivity index is 1.86. The smallest absolute Gasteiger partial charge is 0.0976 e. The molecule has 2 nitrogen and oxygen atoms in total. The predicted molar refractivity (Wildman–Crippen MR) is 72.8 cm³/mol. The molecule has 1 fully saturated rings. The zero-order valence-corrected chi connectivity index (χ0v) is 10.9. The Kier molecular flexibility index (Phi) is 3.14. The van der Waals surface area contributed by atoms with Gasteiger partial charge in [-0.1, -0.05) is 23.7 Å². The van der Waals surface area contributed by atoms with E-state index in [4.69, 9.17) is 16.6 Å². The molecular formula is C13H13ClN2S. The maximum Gasteiger partial charge on any atom is 0.0976 e. The molecule has 4 heteroatoms. The van der Waals surface area contributed by atoms with Crippen molar-refractivity contribution >= 4 is 22.9 Å². The summed E-state index contributed by atoms with van der Waals surface area (Å²) in [5.41, 5.74) is 2.21. The average Bonchev–Trinajstić information content (AvgIpc) is 3.00. The van der Waals surface area contributed by atoms with Gasteiger partial charge >= 0.3 is 0 Å². The van der Waals surface area contributed by atoms with E-state index in [1.54, 1.807) is 11.3 Å². The molecule has 0 aliphatic carbocycles. The van der Waals surface area contributed by atoms with Gasteiger partial charge in [0.1, 0.15) is 0 Å². The fourth-order valence-electron chi connectivity index (χ4n) is 2.09. The topological polar surface area (TPSA) is 24.9 Å². The van der Waals surface area contributed by atoms with Crippen LogP contribution < -0.4 is 5.32 Å². The number of benzene rings is 1. The highest BCUT2D eigenvalue weighted by Crippen LogP contribution is 2.29. The quantitative estimate of drug-likeness (QED) is 0.897. The largest absolute Gasteiger partial charge is 0.316 e. The summed E-state index contributed by atoms with van der Waals surface area (Å²) in [6, 6.07) is 7.86. The van der Waals surface area contributed by atoms with Gasteiger partial charge in [-0.05, 0) is 25.1 Å². The van der Waals surface area contributed by atoms with Gasteiger partial charge in [0.25, 0.3) is 0 Å². The molecule has 0 amide bonds. The van der Waals surface area contributed by atoms with Crippen molar-refractivity contribution in [3.63, 3.8) is 0 Å². The van der Waals surface area contributed by atoms with E-state index >= 15 is 0 Å². The van der Waals surface area contributed by atoms with Gasteiger partial charge in [-0.2, -0.15) is 0 Å². The number of thiazole rings is 1. The van der Waals surface area contributed by atoms with Crippen LogP contribution in [-0.4, -0.2) is 18.1 Å². The SMILES string of the molecule is Clc1ccc(-c2csc(C3CCNC3)n2)cc1. The minimum atomic E-state index is 0.598. The molecule has 2 heterocycles. The Hall–Kier alpha value is -0.900. The van der Waals surface area contributed by atoms with Crippen LogP contribution in [0.2, 0.25) is 5.02 Å². The van der Waals surface area contributed by atoms with Crippen LogP contribution in [0.15, 0.2) is 29.6 Å². The van der Waals surface area contributed by atoms with Gasteiger partial charge in [-0.25, -0.2) is 4.98 Å². The van der Waals surface area contributed by atoms with Gasteiger partial charge in [0, 0.05) is 28.4 Å². The molecular weight excluding hydrogens is 252 g/mol. The maximum absolute atomic E-state index is 5.88. The first-order valence-electron chi connectivity index (χ1n) is 5.75. The summed E-state index contributed by atoms with van der Waals surface area (Å²) < 4.78 is 0. The minimum absolute atomic E-state index is 0.598. The first kappa shape index (κ1) is 11.2. The summed E-state index contributed by atoms with van der Waals surface area (Å²) in [5.74, 6) is 0.598. The Bertz CT molecular complexity index is 500. The van der Waals surface area contributed by atoms with Crippen molar-refractivity contribution in [3.8, 4) is 11.3 Å². The molecule has 1 aromatic heterocycles. The molecule has 1 aliphatic heterocycles. The molecule has 88 valence electrons. The summed E-state index contributed by atoms with van der Waals surface area (Å²) in [5, 5.41) is 7.53. The van der Waals surface area contributed by atoms with E-state index in [0.29, 0.717) is 5.92 Å². The molecule has 3 rings (SSSR count). The van der Waals surface area contributed by atoms with Gasteiger partial charge in [-0.15, -0.1) is 11.3 Å². The van der Waals surface area contributed by atoms with E-state index in [9.17, 15) is 0 Å². The summed E-state index contributed by atoms with van der Waals surface area (Å²) >= 11 is 7.64. The zero-order chi connectivity index (χ0) is 11.7. The van der Waals surface area contributed by atoms with E-state index in [2.05, 4.69) is 10.7 Å². The molecule has 1 saturated heterocycles. The lowest BCUT2D eigenvalue weighted by molar-refractivity contribution is 0.756. The van der Waals surface area contributed by atoms with Gasteiger partial charge in [0.2, 0.25) is 0 Å². The van der Waals surface area contributed by atoms with Crippen molar-refractivity contribution < 1.29 is 0 Å². The van der Waals surface area contributed by atoms with Crippen LogP contribution in [0.25, 0.3) is 11.3 Å². The van der Waals surface area contributed by atoms with Crippen LogP contribution in [0, 0.1) is 0 Å². The van der Waals surface area contributed by atoms with Gasteiger partial charge < -0.3 is 5.32 Å². The van der Waals surface area contributed by atoms with Gasteiger partial charge in [0.15, 0.2) is 0 Å². The molecule has 1 aromatic carbocycles. The number of nitrogens with one attached hydrogen (secondary N) is 1. The number of halogens is 1. The lowest BCUT2D eigenvalue weighted by Crippen LogP contribution is -2.07.